The predicted molar refractivity (Wildman–Crippen MR) is 97.0 cm³/mol. The normalized spacial score (nSPS) is 24.0. The van der Waals surface area contributed by atoms with Gasteiger partial charge in [0, 0.05) is 19.1 Å². The first-order valence-electron chi connectivity index (χ1n) is 7.71. The van der Waals surface area contributed by atoms with Crippen LogP contribution >= 0.6 is 15.9 Å². The quantitative estimate of drug-likeness (QED) is 0.401. The fourth-order valence-electron chi connectivity index (χ4n) is 2.40. The Morgan fingerprint density at radius 3 is 2.35 bits per heavy atom. The van der Waals surface area contributed by atoms with Gasteiger partial charge in [0.2, 0.25) is 10.0 Å². The van der Waals surface area contributed by atoms with Crippen molar-refractivity contribution in [3.05, 3.63) is 60.2 Å². The number of benzene rings is 1. The maximum atomic E-state index is 12.5. The Hall–Kier alpha value is -0.950. The molecule has 1 aliphatic carbocycles. The van der Waals surface area contributed by atoms with Gasteiger partial charge in [-0.25, -0.2) is 13.1 Å². The highest BCUT2D eigenvalue weighted by Crippen LogP contribution is 2.35. The lowest BCUT2D eigenvalue weighted by molar-refractivity contribution is 0.283. The van der Waals surface area contributed by atoms with Crippen LogP contribution in [0, 0.1) is 0 Å². The molecule has 0 aromatic heterocycles. The molecule has 0 unspecified atom stereocenters. The molecule has 1 aromatic carbocycles. The van der Waals surface area contributed by atoms with Gasteiger partial charge in [-0.3, -0.25) is 0 Å². The van der Waals surface area contributed by atoms with Crippen molar-refractivity contribution in [3.8, 4) is 0 Å². The number of alkyl halides is 1. The van der Waals surface area contributed by atoms with Crippen LogP contribution in [-0.4, -0.2) is 30.3 Å². The van der Waals surface area contributed by atoms with Crippen molar-refractivity contribution in [3.63, 3.8) is 0 Å². The van der Waals surface area contributed by atoms with Gasteiger partial charge in [0.05, 0.1) is 0 Å². The minimum atomic E-state index is -3.55. The topological polar surface area (TPSA) is 66.4 Å². The van der Waals surface area contributed by atoms with E-state index in [9.17, 15) is 8.42 Å². The van der Waals surface area contributed by atoms with Crippen LogP contribution in [0.25, 0.3) is 0 Å². The first-order valence-corrected chi connectivity index (χ1v) is 9.99. The number of unbranched alkanes of at least 4 members (excludes halogenated alkanes) is 2. The van der Waals surface area contributed by atoms with Crippen LogP contribution in [0.1, 0.15) is 30.7 Å². The highest BCUT2D eigenvalue weighted by molar-refractivity contribution is 9.11. The van der Waals surface area contributed by atoms with Crippen molar-refractivity contribution in [2.45, 2.75) is 28.8 Å². The van der Waals surface area contributed by atoms with Crippen LogP contribution in [0.15, 0.2) is 54.6 Å². The number of rotatable bonds is 8. The van der Waals surface area contributed by atoms with Gasteiger partial charge in [0.25, 0.3) is 0 Å². The number of hydrogen-bond acceptors (Lipinski definition) is 3. The van der Waals surface area contributed by atoms with E-state index in [2.05, 4.69) is 20.7 Å². The first kappa shape index (κ1) is 18.4. The Bertz CT molecular complexity index is 642. The van der Waals surface area contributed by atoms with Crippen molar-refractivity contribution in [2.75, 3.05) is 13.2 Å². The number of hydrogen-bond donors (Lipinski definition) is 2. The van der Waals surface area contributed by atoms with Crippen LogP contribution in [0.5, 0.6) is 0 Å². The third-order valence-corrected chi connectivity index (χ3v) is 7.27. The SMILES string of the molecule is O=S(=O)(NCCCCCO)C1(Br)C=CC(c2ccccc2)C=C1. The van der Waals surface area contributed by atoms with Gasteiger partial charge in [-0.05, 0) is 24.8 Å². The molecule has 0 atom stereocenters. The van der Waals surface area contributed by atoms with Crippen molar-refractivity contribution in [1.82, 2.24) is 4.72 Å². The third-order valence-electron chi connectivity index (χ3n) is 3.78. The second-order valence-electron chi connectivity index (χ2n) is 5.53. The van der Waals surface area contributed by atoms with Crippen LogP contribution in [-0.2, 0) is 10.0 Å². The van der Waals surface area contributed by atoms with Crippen LogP contribution in [0.4, 0.5) is 0 Å². The summed E-state index contributed by atoms with van der Waals surface area (Å²) in [6, 6.07) is 9.94. The smallest absolute Gasteiger partial charge is 0.234 e. The van der Waals surface area contributed by atoms with Gasteiger partial charge in [-0.1, -0.05) is 70.6 Å². The van der Waals surface area contributed by atoms with Gasteiger partial charge in [0.1, 0.15) is 0 Å². The Morgan fingerprint density at radius 1 is 1.09 bits per heavy atom. The second-order valence-corrected chi connectivity index (χ2v) is 9.34. The Labute approximate surface area is 146 Å². The van der Waals surface area contributed by atoms with E-state index in [0.29, 0.717) is 19.4 Å². The molecule has 2 N–H and O–H groups in total. The minimum absolute atomic E-state index is 0.0848. The third kappa shape index (κ3) is 4.76. The number of aliphatic hydroxyl groups is 1. The fraction of sp³-hybridized carbons (Fsp3) is 0.412. The van der Waals surface area contributed by atoms with E-state index in [1.165, 1.54) is 0 Å². The zero-order chi connectivity index (χ0) is 16.8. The Morgan fingerprint density at radius 2 is 1.74 bits per heavy atom. The highest BCUT2D eigenvalue weighted by atomic mass is 79.9. The van der Waals surface area contributed by atoms with Crippen molar-refractivity contribution >= 4 is 26.0 Å². The summed E-state index contributed by atoms with van der Waals surface area (Å²) >= 11 is 3.34. The lowest BCUT2D eigenvalue weighted by Crippen LogP contribution is -2.40. The molecule has 6 heteroatoms. The molecule has 0 heterocycles. The summed E-state index contributed by atoms with van der Waals surface area (Å²) in [4.78, 5) is 0. The van der Waals surface area contributed by atoms with Gasteiger partial charge in [-0.15, -0.1) is 0 Å². The number of aliphatic hydroxyl groups excluding tert-OH is 1. The lowest BCUT2D eigenvalue weighted by Gasteiger charge is -2.25. The number of nitrogens with one attached hydrogen (secondary N) is 1. The largest absolute Gasteiger partial charge is 0.396 e. The maximum absolute atomic E-state index is 12.5. The molecule has 0 saturated carbocycles. The molecule has 0 fully saturated rings. The van der Waals surface area contributed by atoms with E-state index in [4.69, 9.17) is 5.11 Å². The monoisotopic (exact) mass is 399 g/mol. The molecule has 0 aliphatic heterocycles. The second kappa shape index (κ2) is 8.24. The number of halogens is 1. The molecule has 126 valence electrons. The summed E-state index contributed by atoms with van der Waals surface area (Å²) in [7, 11) is -3.55. The zero-order valence-corrected chi connectivity index (χ0v) is 15.3. The summed E-state index contributed by atoms with van der Waals surface area (Å²) in [5.41, 5.74) is 1.13. The average Bonchev–Trinajstić information content (AvgIpc) is 2.56. The van der Waals surface area contributed by atoms with Crippen LogP contribution < -0.4 is 4.72 Å². The molecule has 23 heavy (non-hydrogen) atoms. The summed E-state index contributed by atoms with van der Waals surface area (Å²) in [6.45, 7) is 0.515. The number of sulfonamides is 1. The van der Waals surface area contributed by atoms with Gasteiger partial charge in [0.15, 0.2) is 3.66 Å². The molecular weight excluding hydrogens is 378 g/mol. The van der Waals surface area contributed by atoms with E-state index in [1.54, 1.807) is 12.2 Å². The fourth-order valence-corrected chi connectivity index (χ4v) is 4.20. The Kier molecular flexibility index (Phi) is 6.59. The molecule has 1 aliphatic rings. The van der Waals surface area contributed by atoms with Crippen LogP contribution in [0.3, 0.4) is 0 Å². The molecule has 2 rings (SSSR count). The van der Waals surface area contributed by atoms with E-state index < -0.39 is 13.7 Å². The summed E-state index contributed by atoms with van der Waals surface area (Å²) < 4.78 is 26.4. The molecule has 4 nitrogen and oxygen atoms in total. The minimum Gasteiger partial charge on any atom is -0.396 e. The maximum Gasteiger partial charge on any atom is 0.234 e. The first-order chi connectivity index (χ1) is 11.0. The van der Waals surface area contributed by atoms with E-state index in [1.807, 2.05) is 42.5 Å². The lowest BCUT2D eigenvalue weighted by atomic mass is 9.95. The zero-order valence-electron chi connectivity index (χ0n) is 12.9. The van der Waals surface area contributed by atoms with Gasteiger partial charge < -0.3 is 5.11 Å². The summed E-state index contributed by atoms with van der Waals surface area (Å²) in [6.07, 6.45) is 9.37. The van der Waals surface area contributed by atoms with Crippen molar-refractivity contribution in [2.24, 2.45) is 0 Å². The Balaban J connectivity index is 1.99. The van der Waals surface area contributed by atoms with E-state index in [0.717, 1.165) is 12.0 Å². The van der Waals surface area contributed by atoms with Gasteiger partial charge >= 0.3 is 0 Å². The molecular formula is C17H22BrNO3S. The summed E-state index contributed by atoms with van der Waals surface area (Å²) in [5.74, 6) is 0.0848. The number of allylic oxidation sites excluding steroid dienone is 2. The standard InChI is InChI=1S/C17H22BrNO3S/c18-17(23(21,22)19-13-5-2-6-14-20)11-9-16(10-12-17)15-7-3-1-4-8-15/h1,3-4,7-12,16,19-20H,2,5-6,13-14H2. The van der Waals surface area contributed by atoms with E-state index in [-0.39, 0.29) is 12.5 Å². The predicted octanol–water partition coefficient (Wildman–Crippen LogP) is 3.07. The molecule has 1 aromatic rings. The van der Waals surface area contributed by atoms with E-state index >= 15 is 0 Å². The van der Waals surface area contributed by atoms with Crippen molar-refractivity contribution < 1.29 is 13.5 Å². The average molecular weight is 400 g/mol. The molecule has 0 radical (unpaired) electrons. The van der Waals surface area contributed by atoms with Gasteiger partial charge in [-0.2, -0.15) is 0 Å². The molecule has 0 saturated heterocycles. The van der Waals surface area contributed by atoms with Crippen molar-refractivity contribution in [1.29, 1.82) is 0 Å². The molecule has 0 bridgehead atoms. The van der Waals surface area contributed by atoms with Crippen LogP contribution in [0.2, 0.25) is 0 Å². The molecule has 0 spiro atoms. The molecule has 0 amide bonds. The summed E-state index contributed by atoms with van der Waals surface area (Å²) in [5, 5.41) is 8.72. The highest BCUT2D eigenvalue weighted by Gasteiger charge is 2.38.